The second-order valence-corrected chi connectivity index (χ2v) is 11.9. The summed E-state index contributed by atoms with van der Waals surface area (Å²) in [7, 11) is 0. The number of thioether (sulfide) groups is 4. The lowest BCUT2D eigenvalue weighted by Crippen LogP contribution is -2.15. The van der Waals surface area contributed by atoms with Gasteiger partial charge in [0.1, 0.15) is 10.1 Å². The van der Waals surface area contributed by atoms with Crippen LogP contribution in [0.1, 0.15) is 0 Å². The van der Waals surface area contributed by atoms with Crippen LogP contribution >= 0.6 is 47.0 Å². The van der Waals surface area contributed by atoms with Gasteiger partial charge in [-0.3, -0.25) is 9.59 Å². The number of nitrogens with one attached hydrogen (secondary N) is 2. The molecule has 0 bridgehead atoms. The Bertz CT molecular complexity index is 1350. The lowest BCUT2D eigenvalue weighted by Gasteiger charge is -2.10. The number of hydrogen-bond donors (Lipinski definition) is 2. The maximum atomic E-state index is 12.6. The number of carbonyl (C=O) groups excluding carboxylic acids is 2. The molecule has 0 aliphatic heterocycles. The zero-order valence-electron chi connectivity index (χ0n) is 20.4. The molecule has 208 valence electrons. The number of halogens is 4. The summed E-state index contributed by atoms with van der Waals surface area (Å²) in [5, 5.41) is 6.40. The SMILES string of the molecule is O=C(CSc1nc2ccccc2nc1SCC(=O)Nc1ccc(SC(F)F)cc1)Nc1ccc(SC(F)F)cc1. The largest absolute Gasteiger partial charge is 0.325 e. The number of carbonyl (C=O) groups is 2. The molecule has 2 amide bonds. The number of benzene rings is 3. The van der Waals surface area contributed by atoms with E-state index < -0.39 is 11.5 Å². The van der Waals surface area contributed by atoms with Crippen molar-refractivity contribution in [2.75, 3.05) is 22.1 Å². The summed E-state index contributed by atoms with van der Waals surface area (Å²) in [5.74, 6) is -5.69. The summed E-state index contributed by atoms with van der Waals surface area (Å²) >= 11 is 3.16. The molecular weight excluding hydrogens is 605 g/mol. The monoisotopic (exact) mass is 624 g/mol. The number of para-hydroxylation sites is 2. The van der Waals surface area contributed by atoms with Crippen LogP contribution in [0.2, 0.25) is 0 Å². The predicted octanol–water partition coefficient (Wildman–Crippen LogP) is 7.72. The Morgan fingerprint density at radius 2 is 1.00 bits per heavy atom. The van der Waals surface area contributed by atoms with Gasteiger partial charge in [0, 0.05) is 21.2 Å². The van der Waals surface area contributed by atoms with Gasteiger partial charge in [0.25, 0.3) is 11.5 Å². The average Bonchev–Trinajstić information content (AvgIpc) is 2.92. The molecule has 4 rings (SSSR count). The Labute approximate surface area is 243 Å². The second-order valence-electron chi connectivity index (χ2n) is 7.80. The van der Waals surface area contributed by atoms with Gasteiger partial charge in [0.2, 0.25) is 11.8 Å². The summed E-state index contributed by atoms with van der Waals surface area (Å²) in [4.78, 5) is 35.1. The molecule has 0 aliphatic carbocycles. The molecule has 3 aromatic carbocycles. The van der Waals surface area contributed by atoms with Crippen LogP contribution < -0.4 is 10.6 Å². The van der Waals surface area contributed by atoms with E-state index in [0.29, 0.717) is 65.8 Å². The van der Waals surface area contributed by atoms with Gasteiger partial charge >= 0.3 is 0 Å². The number of aromatic nitrogens is 2. The Morgan fingerprint density at radius 3 is 1.35 bits per heavy atom. The normalized spacial score (nSPS) is 11.2. The Hall–Kier alpha value is -2.94. The Balaban J connectivity index is 1.37. The molecule has 1 heterocycles. The molecule has 0 spiro atoms. The molecule has 0 atom stereocenters. The van der Waals surface area contributed by atoms with E-state index in [0.717, 1.165) is 23.5 Å². The third kappa shape index (κ3) is 9.32. The highest BCUT2D eigenvalue weighted by Crippen LogP contribution is 2.31. The van der Waals surface area contributed by atoms with Crippen molar-refractivity contribution in [3.63, 3.8) is 0 Å². The molecule has 0 saturated carbocycles. The number of hydrogen-bond acceptors (Lipinski definition) is 8. The predicted molar refractivity (Wildman–Crippen MR) is 155 cm³/mol. The van der Waals surface area contributed by atoms with E-state index in [2.05, 4.69) is 20.6 Å². The van der Waals surface area contributed by atoms with Crippen LogP contribution in [-0.2, 0) is 9.59 Å². The van der Waals surface area contributed by atoms with Gasteiger partial charge in [-0.1, -0.05) is 59.2 Å². The van der Waals surface area contributed by atoms with Gasteiger partial charge in [0.05, 0.1) is 22.5 Å². The standard InChI is InChI=1S/C26H20F4N4O2S4/c27-25(28)39-17-9-5-15(6-10-17)31-21(35)13-37-23-24(34-20-4-2-1-3-19(20)33-23)38-14-22(36)32-16-7-11-18(12-8-16)40-26(29)30/h1-12,25-26H,13-14H2,(H,31,35)(H,32,36). The Kier molecular flexibility index (Phi) is 11.0. The van der Waals surface area contributed by atoms with Gasteiger partial charge in [-0.2, -0.15) is 17.6 Å². The highest BCUT2D eigenvalue weighted by atomic mass is 32.2. The maximum Gasteiger partial charge on any atom is 0.288 e. The molecule has 4 aromatic rings. The van der Waals surface area contributed by atoms with Gasteiger partial charge in [0.15, 0.2) is 0 Å². The van der Waals surface area contributed by atoms with Crippen LogP contribution in [0.4, 0.5) is 28.9 Å². The molecule has 0 fully saturated rings. The van der Waals surface area contributed by atoms with E-state index in [-0.39, 0.29) is 23.3 Å². The van der Waals surface area contributed by atoms with Crippen molar-refractivity contribution in [2.24, 2.45) is 0 Å². The average molecular weight is 625 g/mol. The van der Waals surface area contributed by atoms with Crippen LogP contribution in [-0.4, -0.2) is 44.8 Å². The number of anilines is 2. The fourth-order valence-corrected chi connectivity index (χ4v) is 5.95. The summed E-state index contributed by atoms with van der Waals surface area (Å²) in [5.41, 5.74) is 2.21. The molecule has 14 heteroatoms. The van der Waals surface area contributed by atoms with Crippen LogP contribution in [0.15, 0.2) is 92.6 Å². The zero-order valence-corrected chi connectivity index (χ0v) is 23.6. The first-order valence-electron chi connectivity index (χ1n) is 11.5. The van der Waals surface area contributed by atoms with Crippen LogP contribution in [0, 0.1) is 0 Å². The number of rotatable bonds is 12. The van der Waals surface area contributed by atoms with Crippen molar-refractivity contribution in [3.8, 4) is 0 Å². The number of fused-ring (bicyclic) bond motifs is 1. The summed E-state index contributed by atoms with van der Waals surface area (Å²) in [6.07, 6.45) is 0. The summed E-state index contributed by atoms with van der Waals surface area (Å²) < 4.78 is 50.0. The van der Waals surface area contributed by atoms with E-state index in [4.69, 9.17) is 0 Å². The van der Waals surface area contributed by atoms with Gasteiger partial charge < -0.3 is 10.6 Å². The minimum atomic E-state index is -2.52. The summed E-state index contributed by atoms with van der Waals surface area (Å²) in [6.45, 7) is 0. The molecule has 0 unspecified atom stereocenters. The first-order chi connectivity index (χ1) is 19.2. The topological polar surface area (TPSA) is 84.0 Å². The molecule has 6 nitrogen and oxygen atoms in total. The number of nitrogens with zero attached hydrogens (tertiary/aromatic N) is 2. The van der Waals surface area contributed by atoms with Crippen molar-refractivity contribution >= 4 is 81.3 Å². The van der Waals surface area contributed by atoms with Crippen LogP contribution in [0.5, 0.6) is 0 Å². The number of alkyl halides is 4. The molecule has 1 aromatic heterocycles. The van der Waals surface area contributed by atoms with E-state index in [1.807, 2.05) is 12.1 Å². The zero-order chi connectivity index (χ0) is 28.5. The van der Waals surface area contributed by atoms with Crippen molar-refractivity contribution in [3.05, 3.63) is 72.8 Å². The van der Waals surface area contributed by atoms with Crippen LogP contribution in [0.3, 0.4) is 0 Å². The van der Waals surface area contributed by atoms with Gasteiger partial charge in [-0.25, -0.2) is 9.97 Å². The van der Waals surface area contributed by atoms with Crippen LogP contribution in [0.25, 0.3) is 11.0 Å². The van der Waals surface area contributed by atoms with Gasteiger partial charge in [-0.15, -0.1) is 0 Å². The first-order valence-corrected chi connectivity index (χ1v) is 15.2. The maximum absolute atomic E-state index is 12.6. The van der Waals surface area contributed by atoms with Crippen molar-refractivity contribution in [2.45, 2.75) is 31.4 Å². The smallest absolute Gasteiger partial charge is 0.288 e. The minimum Gasteiger partial charge on any atom is -0.325 e. The first kappa shape index (κ1) is 30.0. The van der Waals surface area contributed by atoms with Crippen molar-refractivity contribution in [1.29, 1.82) is 0 Å². The van der Waals surface area contributed by atoms with E-state index >= 15 is 0 Å². The minimum absolute atomic E-state index is 0.00326. The van der Waals surface area contributed by atoms with Gasteiger partial charge in [-0.05, 0) is 60.7 Å². The highest BCUT2D eigenvalue weighted by molar-refractivity contribution is 8.02. The molecule has 0 aliphatic rings. The van der Waals surface area contributed by atoms with Crippen molar-refractivity contribution in [1.82, 2.24) is 9.97 Å². The third-order valence-electron chi connectivity index (χ3n) is 4.92. The lowest BCUT2D eigenvalue weighted by atomic mass is 10.3. The lowest BCUT2D eigenvalue weighted by molar-refractivity contribution is -0.114. The number of amides is 2. The fourth-order valence-electron chi connectivity index (χ4n) is 3.26. The molecule has 40 heavy (non-hydrogen) atoms. The quantitative estimate of drug-likeness (QED) is 0.122. The molecule has 2 N–H and O–H groups in total. The third-order valence-corrected chi connectivity index (χ3v) is 8.42. The fraction of sp³-hybridized carbons (Fsp3) is 0.154. The highest BCUT2D eigenvalue weighted by Gasteiger charge is 2.15. The van der Waals surface area contributed by atoms with E-state index in [9.17, 15) is 27.2 Å². The van der Waals surface area contributed by atoms with E-state index in [1.165, 1.54) is 24.3 Å². The molecule has 0 radical (unpaired) electrons. The Morgan fingerprint density at radius 1 is 0.625 bits per heavy atom. The summed E-state index contributed by atoms with van der Waals surface area (Å²) in [6, 6.07) is 19.4. The van der Waals surface area contributed by atoms with Crippen molar-refractivity contribution < 1.29 is 27.2 Å². The molecule has 0 saturated heterocycles. The molecular formula is C26H20F4N4O2S4. The van der Waals surface area contributed by atoms with E-state index in [1.54, 1.807) is 36.4 Å². The second kappa shape index (κ2) is 14.6.